The molecule has 1 amide bonds. The molecular formula is C10H18N4OS. The van der Waals surface area contributed by atoms with E-state index in [1.807, 2.05) is 27.7 Å². The minimum atomic E-state index is -0.175. The van der Waals surface area contributed by atoms with Crippen LogP contribution in [0.25, 0.3) is 0 Å². The zero-order valence-corrected chi connectivity index (χ0v) is 10.9. The van der Waals surface area contributed by atoms with Crippen LogP contribution >= 0.6 is 11.5 Å². The maximum absolute atomic E-state index is 11.9. The summed E-state index contributed by atoms with van der Waals surface area (Å²) in [4.78, 5) is 12.5. The van der Waals surface area contributed by atoms with Crippen molar-refractivity contribution in [2.45, 2.75) is 39.2 Å². The molecule has 0 aliphatic carbocycles. The molecule has 0 bridgehead atoms. The number of hydrogen-bond acceptors (Lipinski definition) is 5. The molecule has 5 nitrogen and oxygen atoms in total. The highest BCUT2D eigenvalue weighted by Crippen LogP contribution is 2.25. The maximum Gasteiger partial charge on any atom is 0.265 e. The number of amides is 1. The van der Waals surface area contributed by atoms with Crippen LogP contribution in [-0.4, -0.2) is 28.1 Å². The van der Waals surface area contributed by atoms with Gasteiger partial charge in [0.15, 0.2) is 0 Å². The lowest BCUT2D eigenvalue weighted by Gasteiger charge is -2.17. The molecule has 0 saturated carbocycles. The summed E-state index contributed by atoms with van der Waals surface area (Å²) in [5, 5.41) is 6.83. The topological polar surface area (TPSA) is 80.9 Å². The van der Waals surface area contributed by atoms with Crippen molar-refractivity contribution in [2.75, 3.05) is 6.54 Å². The van der Waals surface area contributed by atoms with Crippen molar-refractivity contribution in [1.82, 2.24) is 14.9 Å². The summed E-state index contributed by atoms with van der Waals surface area (Å²) in [7, 11) is 0. The van der Waals surface area contributed by atoms with Gasteiger partial charge in [0.2, 0.25) is 0 Å². The van der Waals surface area contributed by atoms with Crippen LogP contribution in [0.3, 0.4) is 0 Å². The quantitative estimate of drug-likeness (QED) is 0.825. The minimum Gasteiger partial charge on any atom is -0.348 e. The summed E-state index contributed by atoms with van der Waals surface area (Å²) in [6.45, 7) is 8.30. The summed E-state index contributed by atoms with van der Waals surface area (Å²) in [5.74, 6) is -0.141. The second kappa shape index (κ2) is 4.88. The molecule has 0 radical (unpaired) electrons. The molecule has 6 heteroatoms. The highest BCUT2D eigenvalue weighted by Gasteiger charge is 2.26. The number of rotatable bonds is 3. The third-order valence-electron chi connectivity index (χ3n) is 2.14. The first-order valence-corrected chi connectivity index (χ1v) is 5.97. The molecule has 3 N–H and O–H groups in total. The second-order valence-electron chi connectivity index (χ2n) is 4.81. The molecule has 1 heterocycles. The number of aromatic nitrogens is 2. The SMILES string of the molecule is CC(CN)NC(=O)c1snnc1C(C)(C)C. The van der Waals surface area contributed by atoms with Gasteiger partial charge in [-0.25, -0.2) is 0 Å². The minimum absolute atomic E-state index is 0.0394. The standard InChI is InChI=1S/C10H18N4OS/c1-6(5-11)12-9(15)7-8(10(2,3)4)13-14-16-7/h6H,5,11H2,1-4H3,(H,12,15). The first-order chi connectivity index (χ1) is 7.36. The van der Waals surface area contributed by atoms with Crippen LogP contribution in [0.1, 0.15) is 43.1 Å². The van der Waals surface area contributed by atoms with Crippen molar-refractivity contribution in [3.63, 3.8) is 0 Å². The Labute approximate surface area is 99.6 Å². The first-order valence-electron chi connectivity index (χ1n) is 5.20. The Bertz CT molecular complexity index is 369. The van der Waals surface area contributed by atoms with E-state index >= 15 is 0 Å². The average molecular weight is 242 g/mol. The molecule has 0 spiro atoms. The second-order valence-corrected chi connectivity index (χ2v) is 5.57. The van der Waals surface area contributed by atoms with Crippen LogP contribution in [0.15, 0.2) is 0 Å². The smallest absolute Gasteiger partial charge is 0.265 e. The Hall–Kier alpha value is -1.01. The van der Waals surface area contributed by atoms with Gasteiger partial charge in [0, 0.05) is 18.0 Å². The first kappa shape index (κ1) is 13.1. The third-order valence-corrected chi connectivity index (χ3v) is 2.86. The van der Waals surface area contributed by atoms with Gasteiger partial charge in [0.1, 0.15) is 4.88 Å². The van der Waals surface area contributed by atoms with Crippen molar-refractivity contribution in [3.05, 3.63) is 10.6 Å². The summed E-state index contributed by atoms with van der Waals surface area (Å²) >= 11 is 1.12. The van der Waals surface area contributed by atoms with E-state index in [9.17, 15) is 4.79 Å². The summed E-state index contributed by atoms with van der Waals surface area (Å²) < 4.78 is 3.84. The summed E-state index contributed by atoms with van der Waals surface area (Å²) in [6.07, 6.45) is 0. The highest BCUT2D eigenvalue weighted by molar-refractivity contribution is 7.08. The van der Waals surface area contributed by atoms with Gasteiger partial charge in [0.25, 0.3) is 5.91 Å². The van der Waals surface area contributed by atoms with Gasteiger partial charge in [0.05, 0.1) is 5.69 Å². The molecule has 1 rings (SSSR count). The molecule has 90 valence electrons. The molecule has 0 aliphatic rings. The van der Waals surface area contributed by atoms with Gasteiger partial charge in [-0.15, -0.1) is 5.10 Å². The Morgan fingerprint density at radius 2 is 2.19 bits per heavy atom. The van der Waals surface area contributed by atoms with Crippen molar-refractivity contribution >= 4 is 17.4 Å². The van der Waals surface area contributed by atoms with E-state index < -0.39 is 0 Å². The van der Waals surface area contributed by atoms with E-state index in [0.717, 1.165) is 17.2 Å². The Balaban J connectivity index is 2.89. The number of nitrogens with one attached hydrogen (secondary N) is 1. The van der Waals surface area contributed by atoms with Crippen LogP contribution in [0.2, 0.25) is 0 Å². The number of nitrogens with two attached hydrogens (primary N) is 1. The van der Waals surface area contributed by atoms with Gasteiger partial charge in [-0.05, 0) is 18.5 Å². The van der Waals surface area contributed by atoms with Gasteiger partial charge in [-0.1, -0.05) is 25.3 Å². The molecule has 1 aromatic rings. The van der Waals surface area contributed by atoms with E-state index in [2.05, 4.69) is 14.9 Å². The van der Waals surface area contributed by atoms with Crippen LogP contribution in [-0.2, 0) is 5.41 Å². The van der Waals surface area contributed by atoms with E-state index in [1.165, 1.54) is 0 Å². The fourth-order valence-corrected chi connectivity index (χ4v) is 1.96. The lowest BCUT2D eigenvalue weighted by Crippen LogP contribution is -2.38. The highest BCUT2D eigenvalue weighted by atomic mass is 32.1. The summed E-state index contributed by atoms with van der Waals surface area (Å²) in [5.41, 5.74) is 6.02. The van der Waals surface area contributed by atoms with Crippen LogP contribution in [0.4, 0.5) is 0 Å². The monoisotopic (exact) mass is 242 g/mol. The van der Waals surface area contributed by atoms with Crippen molar-refractivity contribution in [2.24, 2.45) is 5.73 Å². The largest absolute Gasteiger partial charge is 0.348 e. The van der Waals surface area contributed by atoms with Crippen LogP contribution in [0, 0.1) is 0 Å². The van der Waals surface area contributed by atoms with Gasteiger partial charge < -0.3 is 11.1 Å². The number of carbonyl (C=O) groups excluding carboxylic acids is 1. The lowest BCUT2D eigenvalue weighted by molar-refractivity contribution is 0.0943. The van der Waals surface area contributed by atoms with E-state index in [1.54, 1.807) is 0 Å². The van der Waals surface area contributed by atoms with Gasteiger partial charge in [-0.3, -0.25) is 4.79 Å². The molecule has 16 heavy (non-hydrogen) atoms. The zero-order valence-electron chi connectivity index (χ0n) is 10.1. The third kappa shape index (κ3) is 2.99. The van der Waals surface area contributed by atoms with Crippen molar-refractivity contribution in [3.8, 4) is 0 Å². The normalized spacial score (nSPS) is 13.6. The number of hydrogen-bond donors (Lipinski definition) is 2. The van der Waals surface area contributed by atoms with E-state index in [4.69, 9.17) is 5.73 Å². The molecule has 0 saturated heterocycles. The molecule has 0 aromatic carbocycles. The van der Waals surface area contributed by atoms with E-state index in [-0.39, 0.29) is 17.4 Å². The fourth-order valence-electron chi connectivity index (χ4n) is 1.18. The maximum atomic E-state index is 11.9. The molecular weight excluding hydrogens is 224 g/mol. The predicted octanol–water partition coefficient (Wildman–Crippen LogP) is 0.913. The Kier molecular flexibility index (Phi) is 3.98. The molecule has 1 atom stereocenters. The number of nitrogens with zero attached hydrogens (tertiary/aromatic N) is 2. The van der Waals surface area contributed by atoms with Crippen LogP contribution < -0.4 is 11.1 Å². The Morgan fingerprint density at radius 1 is 1.56 bits per heavy atom. The number of carbonyl (C=O) groups is 1. The van der Waals surface area contributed by atoms with Crippen molar-refractivity contribution < 1.29 is 4.79 Å². The summed E-state index contributed by atoms with van der Waals surface area (Å²) in [6, 6.07) is -0.0394. The fraction of sp³-hybridized carbons (Fsp3) is 0.700. The van der Waals surface area contributed by atoms with E-state index in [0.29, 0.717) is 11.4 Å². The molecule has 1 aromatic heterocycles. The van der Waals surface area contributed by atoms with Crippen LogP contribution in [0.5, 0.6) is 0 Å². The molecule has 0 aliphatic heterocycles. The molecule has 1 unspecified atom stereocenters. The zero-order chi connectivity index (χ0) is 12.3. The Morgan fingerprint density at radius 3 is 2.69 bits per heavy atom. The predicted molar refractivity (Wildman–Crippen MR) is 64.6 cm³/mol. The van der Waals surface area contributed by atoms with Gasteiger partial charge >= 0.3 is 0 Å². The average Bonchev–Trinajstić information content (AvgIpc) is 2.65. The van der Waals surface area contributed by atoms with Gasteiger partial charge in [-0.2, -0.15) is 0 Å². The van der Waals surface area contributed by atoms with Crippen molar-refractivity contribution in [1.29, 1.82) is 0 Å². The molecule has 0 fully saturated rings. The lowest BCUT2D eigenvalue weighted by atomic mass is 9.91.